The van der Waals surface area contributed by atoms with Gasteiger partial charge in [-0.1, -0.05) is 13.8 Å². The van der Waals surface area contributed by atoms with Crippen molar-refractivity contribution in [3.8, 4) is 0 Å². The first-order chi connectivity index (χ1) is 6.07. The second-order valence-corrected chi connectivity index (χ2v) is 4.14. The number of aliphatic hydroxyl groups excluding tert-OH is 1. The van der Waals surface area contributed by atoms with Crippen molar-refractivity contribution < 1.29 is 5.11 Å². The number of halogens is 1. The second kappa shape index (κ2) is 4.24. The molecule has 0 bridgehead atoms. The molecule has 1 N–H and O–H groups in total. The van der Waals surface area contributed by atoms with E-state index in [9.17, 15) is 0 Å². The highest BCUT2D eigenvalue weighted by atomic mass is 79.9. The predicted molar refractivity (Wildman–Crippen MR) is 55.8 cm³/mol. The Morgan fingerprint density at radius 2 is 2.15 bits per heavy atom. The van der Waals surface area contributed by atoms with Gasteiger partial charge in [0.15, 0.2) is 0 Å². The number of hydrogen-bond acceptors (Lipinski definition) is 2. The standard InChI is InChI=1S/C9H15BrN2O/c1-6(2)8-9(10)11-7(4-5-13)12(8)3/h6,13H,4-5H2,1-3H3. The van der Waals surface area contributed by atoms with Crippen LogP contribution in [0.25, 0.3) is 0 Å². The van der Waals surface area contributed by atoms with Crippen molar-refractivity contribution in [1.82, 2.24) is 9.55 Å². The van der Waals surface area contributed by atoms with Gasteiger partial charge in [0.1, 0.15) is 10.4 Å². The van der Waals surface area contributed by atoms with Crippen LogP contribution >= 0.6 is 15.9 Å². The molecule has 0 aliphatic rings. The first-order valence-corrected chi connectivity index (χ1v) is 5.19. The zero-order chi connectivity index (χ0) is 10.0. The Morgan fingerprint density at radius 3 is 2.54 bits per heavy atom. The van der Waals surface area contributed by atoms with E-state index in [0.29, 0.717) is 12.3 Å². The normalized spacial score (nSPS) is 11.2. The molecule has 1 aromatic rings. The second-order valence-electron chi connectivity index (χ2n) is 3.39. The lowest BCUT2D eigenvalue weighted by Gasteiger charge is -2.07. The molecule has 74 valence electrons. The van der Waals surface area contributed by atoms with Crippen LogP contribution in [0, 0.1) is 0 Å². The van der Waals surface area contributed by atoms with Gasteiger partial charge in [0.2, 0.25) is 0 Å². The highest BCUT2D eigenvalue weighted by Gasteiger charge is 2.14. The van der Waals surface area contributed by atoms with E-state index in [4.69, 9.17) is 5.11 Å². The van der Waals surface area contributed by atoms with Gasteiger partial charge in [-0.25, -0.2) is 4.98 Å². The molecule has 0 atom stereocenters. The maximum atomic E-state index is 8.81. The van der Waals surface area contributed by atoms with Crippen molar-refractivity contribution in [2.45, 2.75) is 26.2 Å². The lowest BCUT2D eigenvalue weighted by molar-refractivity contribution is 0.295. The zero-order valence-corrected chi connectivity index (χ0v) is 9.80. The van der Waals surface area contributed by atoms with Crippen LogP contribution in [-0.4, -0.2) is 21.3 Å². The van der Waals surface area contributed by atoms with Gasteiger partial charge in [0.25, 0.3) is 0 Å². The molecule has 0 unspecified atom stereocenters. The Balaban J connectivity index is 3.07. The van der Waals surface area contributed by atoms with Crippen LogP contribution in [0.2, 0.25) is 0 Å². The third-order valence-electron chi connectivity index (χ3n) is 2.07. The first kappa shape index (κ1) is 10.7. The molecule has 0 saturated carbocycles. The van der Waals surface area contributed by atoms with Crippen LogP contribution in [0.4, 0.5) is 0 Å². The number of imidazole rings is 1. The third kappa shape index (κ3) is 2.11. The van der Waals surface area contributed by atoms with Gasteiger partial charge in [-0.2, -0.15) is 0 Å². The van der Waals surface area contributed by atoms with Crippen LogP contribution in [-0.2, 0) is 13.5 Å². The zero-order valence-electron chi connectivity index (χ0n) is 8.21. The number of rotatable bonds is 3. The summed E-state index contributed by atoms with van der Waals surface area (Å²) in [5.74, 6) is 1.37. The van der Waals surface area contributed by atoms with Crippen LogP contribution < -0.4 is 0 Å². The third-order valence-corrected chi connectivity index (χ3v) is 2.65. The molecule has 4 heteroatoms. The topological polar surface area (TPSA) is 38.1 Å². The van der Waals surface area contributed by atoms with E-state index >= 15 is 0 Å². The number of aromatic nitrogens is 2. The van der Waals surface area contributed by atoms with E-state index in [1.165, 1.54) is 5.69 Å². The van der Waals surface area contributed by atoms with Gasteiger partial charge in [0.05, 0.1) is 12.3 Å². The van der Waals surface area contributed by atoms with Gasteiger partial charge < -0.3 is 9.67 Å². The summed E-state index contributed by atoms with van der Waals surface area (Å²) in [6.07, 6.45) is 0.613. The SMILES string of the molecule is CC(C)c1c(Br)nc(CCO)n1C. The van der Waals surface area contributed by atoms with Crippen molar-refractivity contribution in [3.63, 3.8) is 0 Å². The van der Waals surface area contributed by atoms with Crippen molar-refractivity contribution in [1.29, 1.82) is 0 Å². The van der Waals surface area contributed by atoms with Gasteiger partial charge in [0, 0.05) is 13.5 Å². The summed E-state index contributed by atoms with van der Waals surface area (Å²) < 4.78 is 2.94. The first-order valence-electron chi connectivity index (χ1n) is 4.39. The van der Waals surface area contributed by atoms with Gasteiger partial charge in [-0.3, -0.25) is 0 Å². The van der Waals surface area contributed by atoms with Crippen LogP contribution in [0.3, 0.4) is 0 Å². The monoisotopic (exact) mass is 246 g/mol. The van der Waals surface area contributed by atoms with Crippen LogP contribution in [0.5, 0.6) is 0 Å². The molecule has 0 radical (unpaired) electrons. The fourth-order valence-corrected chi connectivity index (χ4v) is 2.40. The minimum absolute atomic E-state index is 0.148. The molecular formula is C9H15BrN2O. The maximum absolute atomic E-state index is 8.81. The smallest absolute Gasteiger partial charge is 0.127 e. The Kier molecular flexibility index (Phi) is 3.50. The number of nitrogens with zero attached hydrogens (tertiary/aromatic N) is 2. The van der Waals surface area contributed by atoms with E-state index in [0.717, 1.165) is 10.4 Å². The van der Waals surface area contributed by atoms with Crippen LogP contribution in [0.1, 0.15) is 31.3 Å². The average molecular weight is 247 g/mol. The lowest BCUT2D eigenvalue weighted by Crippen LogP contribution is -2.05. The van der Waals surface area contributed by atoms with E-state index in [-0.39, 0.29) is 6.61 Å². The summed E-state index contributed by atoms with van der Waals surface area (Å²) >= 11 is 3.42. The molecule has 0 aliphatic heterocycles. The highest BCUT2D eigenvalue weighted by Crippen LogP contribution is 2.24. The summed E-state index contributed by atoms with van der Waals surface area (Å²) in [7, 11) is 1.98. The van der Waals surface area contributed by atoms with E-state index in [1.54, 1.807) is 0 Å². The van der Waals surface area contributed by atoms with Gasteiger partial charge >= 0.3 is 0 Å². The Labute approximate surface area is 86.9 Å². The number of hydrogen-bond donors (Lipinski definition) is 1. The quantitative estimate of drug-likeness (QED) is 0.885. The van der Waals surface area contributed by atoms with Crippen molar-refractivity contribution in [3.05, 3.63) is 16.1 Å². The van der Waals surface area contributed by atoms with E-state index in [1.807, 2.05) is 11.6 Å². The fraction of sp³-hybridized carbons (Fsp3) is 0.667. The molecule has 1 rings (SSSR count). The Bertz CT molecular complexity index is 294. The fourth-order valence-electron chi connectivity index (χ4n) is 1.47. The molecule has 13 heavy (non-hydrogen) atoms. The number of aliphatic hydroxyl groups is 1. The van der Waals surface area contributed by atoms with Crippen LogP contribution in [0.15, 0.2) is 4.60 Å². The molecule has 3 nitrogen and oxygen atoms in total. The molecule has 0 aliphatic carbocycles. The molecular weight excluding hydrogens is 232 g/mol. The van der Waals surface area contributed by atoms with Crippen molar-refractivity contribution in [2.75, 3.05) is 6.61 Å². The summed E-state index contributed by atoms with van der Waals surface area (Å²) in [5.41, 5.74) is 1.18. The molecule has 0 fully saturated rings. The van der Waals surface area contributed by atoms with E-state index in [2.05, 4.69) is 34.8 Å². The largest absolute Gasteiger partial charge is 0.396 e. The van der Waals surface area contributed by atoms with Crippen molar-refractivity contribution >= 4 is 15.9 Å². The Morgan fingerprint density at radius 1 is 1.54 bits per heavy atom. The molecule has 1 heterocycles. The molecule has 1 aromatic heterocycles. The molecule has 0 saturated heterocycles. The Hall–Kier alpha value is -0.350. The average Bonchev–Trinajstić information content (AvgIpc) is 2.28. The van der Waals surface area contributed by atoms with Crippen molar-refractivity contribution in [2.24, 2.45) is 7.05 Å². The summed E-state index contributed by atoms with van der Waals surface area (Å²) in [6.45, 7) is 4.41. The summed E-state index contributed by atoms with van der Waals surface area (Å²) in [5, 5.41) is 8.81. The minimum Gasteiger partial charge on any atom is -0.396 e. The minimum atomic E-state index is 0.148. The van der Waals surface area contributed by atoms with Gasteiger partial charge in [-0.05, 0) is 21.8 Å². The molecule has 0 aromatic carbocycles. The lowest BCUT2D eigenvalue weighted by atomic mass is 10.1. The summed E-state index contributed by atoms with van der Waals surface area (Å²) in [6, 6.07) is 0. The van der Waals surface area contributed by atoms with Gasteiger partial charge in [-0.15, -0.1) is 0 Å². The molecule has 0 amide bonds. The highest BCUT2D eigenvalue weighted by molar-refractivity contribution is 9.10. The van der Waals surface area contributed by atoms with E-state index < -0.39 is 0 Å². The maximum Gasteiger partial charge on any atom is 0.127 e. The summed E-state index contributed by atoms with van der Waals surface area (Å²) in [4.78, 5) is 4.34. The molecule has 0 spiro atoms. The predicted octanol–water partition coefficient (Wildman–Crippen LogP) is 1.84.